The number of carboxylic acid groups (broad SMARTS) is 1. The maximum absolute atomic E-state index is 12.7. The van der Waals surface area contributed by atoms with Gasteiger partial charge in [-0.05, 0) is 38.5 Å². The van der Waals surface area contributed by atoms with E-state index in [0.717, 1.165) is 22.3 Å². The zero-order valence-electron chi connectivity index (χ0n) is 18.7. The summed E-state index contributed by atoms with van der Waals surface area (Å²) in [5, 5.41) is 9.86. The number of pyridine rings is 1. The highest BCUT2D eigenvalue weighted by Gasteiger charge is 2.33. The van der Waals surface area contributed by atoms with Crippen LogP contribution < -0.4 is 0 Å². The van der Waals surface area contributed by atoms with Crippen LogP contribution in [-0.2, 0) is 0 Å². The van der Waals surface area contributed by atoms with E-state index in [2.05, 4.69) is 14.9 Å². The molecule has 3 aromatic rings. The summed E-state index contributed by atoms with van der Waals surface area (Å²) in [4.78, 5) is 24.1. The second-order valence-corrected chi connectivity index (χ2v) is 8.48. The Morgan fingerprint density at radius 2 is 1.79 bits per heavy atom. The molecule has 1 unspecified atom stereocenters. The van der Waals surface area contributed by atoms with E-state index in [9.17, 15) is 23.1 Å². The minimum Gasteiger partial charge on any atom is -0.478 e. The Balaban J connectivity index is 1.72. The van der Waals surface area contributed by atoms with Crippen molar-refractivity contribution in [3.8, 4) is 11.1 Å². The molecule has 0 saturated carbocycles. The van der Waals surface area contributed by atoms with Crippen LogP contribution in [-0.4, -0.2) is 74.1 Å². The normalized spacial score (nSPS) is 16.9. The lowest BCUT2D eigenvalue weighted by molar-refractivity contribution is -0.149. The molecule has 0 bridgehead atoms. The van der Waals surface area contributed by atoms with E-state index in [-0.39, 0.29) is 11.6 Å². The van der Waals surface area contributed by atoms with Gasteiger partial charge in [0.15, 0.2) is 0 Å². The van der Waals surface area contributed by atoms with Crippen LogP contribution in [0.1, 0.15) is 40.4 Å². The molecule has 176 valence electrons. The van der Waals surface area contributed by atoms with Crippen LogP contribution in [0.4, 0.5) is 13.2 Å². The van der Waals surface area contributed by atoms with Gasteiger partial charge in [0.05, 0.1) is 17.6 Å². The molecule has 1 fully saturated rings. The SMILES string of the molecule is Cc1ncc(-c2ccn3c(C(C)N4CCN(CC(F)(F)F)CC4)c(C)c(C(=O)O)cc23)cn1. The van der Waals surface area contributed by atoms with Crippen LogP contribution in [0.3, 0.4) is 0 Å². The molecule has 1 saturated heterocycles. The zero-order valence-corrected chi connectivity index (χ0v) is 18.7. The fraction of sp³-hybridized carbons (Fsp3) is 0.435. The predicted molar refractivity (Wildman–Crippen MR) is 117 cm³/mol. The van der Waals surface area contributed by atoms with Gasteiger partial charge in [-0.1, -0.05) is 0 Å². The van der Waals surface area contributed by atoms with Crippen LogP contribution in [0.25, 0.3) is 16.6 Å². The first-order valence-corrected chi connectivity index (χ1v) is 10.7. The largest absolute Gasteiger partial charge is 0.478 e. The van der Waals surface area contributed by atoms with Crippen molar-refractivity contribution in [2.45, 2.75) is 33.0 Å². The number of piperazine rings is 1. The Bertz CT molecular complexity index is 1170. The fourth-order valence-corrected chi connectivity index (χ4v) is 4.61. The van der Waals surface area contributed by atoms with Crippen LogP contribution in [0, 0.1) is 13.8 Å². The Hall–Kier alpha value is -2.98. The average Bonchev–Trinajstić information content (AvgIpc) is 3.16. The Morgan fingerprint density at radius 3 is 2.36 bits per heavy atom. The molecule has 33 heavy (non-hydrogen) atoms. The van der Waals surface area contributed by atoms with Gasteiger partial charge in [-0.25, -0.2) is 14.8 Å². The van der Waals surface area contributed by atoms with Crippen molar-refractivity contribution in [1.82, 2.24) is 24.2 Å². The number of aryl methyl sites for hydroxylation is 1. The summed E-state index contributed by atoms with van der Waals surface area (Å²) in [6.07, 6.45) is 1.10. The molecule has 1 aliphatic heterocycles. The molecule has 1 atom stereocenters. The zero-order chi connectivity index (χ0) is 23.9. The van der Waals surface area contributed by atoms with Crippen LogP contribution in [0.2, 0.25) is 0 Å². The molecule has 7 nitrogen and oxygen atoms in total. The topological polar surface area (TPSA) is 74.0 Å². The summed E-state index contributed by atoms with van der Waals surface area (Å²) in [6, 6.07) is 3.38. The Labute approximate surface area is 189 Å². The van der Waals surface area contributed by atoms with E-state index in [1.165, 1.54) is 4.90 Å². The summed E-state index contributed by atoms with van der Waals surface area (Å²) in [6.45, 7) is 6.19. The number of halogens is 3. The van der Waals surface area contributed by atoms with Gasteiger partial charge in [0.25, 0.3) is 0 Å². The molecule has 0 spiro atoms. The predicted octanol–water partition coefficient (Wildman–Crippen LogP) is 3.95. The minimum absolute atomic E-state index is 0.186. The lowest BCUT2D eigenvalue weighted by atomic mass is 10.00. The molecule has 4 rings (SSSR count). The fourth-order valence-electron chi connectivity index (χ4n) is 4.61. The molecule has 0 aromatic carbocycles. The average molecular weight is 461 g/mol. The number of alkyl halides is 3. The van der Waals surface area contributed by atoms with Gasteiger partial charge >= 0.3 is 12.1 Å². The van der Waals surface area contributed by atoms with Crippen LogP contribution in [0.5, 0.6) is 0 Å². The second-order valence-electron chi connectivity index (χ2n) is 8.48. The number of carboxylic acids is 1. The number of fused-ring (bicyclic) bond motifs is 1. The molecule has 1 aliphatic rings. The lowest BCUT2D eigenvalue weighted by Gasteiger charge is -2.39. The van der Waals surface area contributed by atoms with Gasteiger partial charge in [-0.2, -0.15) is 13.2 Å². The first-order chi connectivity index (χ1) is 15.5. The molecule has 0 amide bonds. The number of hydrogen-bond donors (Lipinski definition) is 1. The van der Waals surface area contributed by atoms with Crippen molar-refractivity contribution in [2.24, 2.45) is 0 Å². The van der Waals surface area contributed by atoms with Crippen molar-refractivity contribution >= 4 is 11.5 Å². The summed E-state index contributed by atoms with van der Waals surface area (Å²) < 4.78 is 40.2. The molecule has 10 heteroatoms. The quantitative estimate of drug-likeness (QED) is 0.620. The highest BCUT2D eigenvalue weighted by molar-refractivity contribution is 5.93. The monoisotopic (exact) mass is 461 g/mol. The standard InChI is InChI=1S/C23H26F3N5O2/c1-14-19(22(32)33)10-20-18(17-11-27-16(3)28-12-17)4-5-31(20)21(14)15(2)30-8-6-29(7-9-30)13-23(24,25)26/h4-5,10-12,15H,6-9,13H2,1-3H3,(H,32,33). The number of aromatic carboxylic acids is 1. The first-order valence-electron chi connectivity index (χ1n) is 10.7. The number of carbonyl (C=O) groups is 1. The van der Waals surface area contributed by atoms with Gasteiger partial charge in [0, 0.05) is 67.6 Å². The second kappa shape index (κ2) is 8.75. The highest BCUT2D eigenvalue weighted by Crippen LogP contribution is 2.33. The van der Waals surface area contributed by atoms with Gasteiger partial charge in [-0.15, -0.1) is 0 Å². The minimum atomic E-state index is -4.21. The van der Waals surface area contributed by atoms with Gasteiger partial charge in [0.2, 0.25) is 0 Å². The molecular weight excluding hydrogens is 435 g/mol. The summed E-state index contributed by atoms with van der Waals surface area (Å²) >= 11 is 0. The van der Waals surface area contributed by atoms with E-state index in [1.807, 2.05) is 23.6 Å². The number of hydrogen-bond acceptors (Lipinski definition) is 5. The van der Waals surface area contributed by atoms with E-state index < -0.39 is 18.7 Å². The summed E-state index contributed by atoms with van der Waals surface area (Å²) in [7, 11) is 0. The molecule has 0 aliphatic carbocycles. The van der Waals surface area contributed by atoms with Crippen molar-refractivity contribution in [2.75, 3.05) is 32.7 Å². The van der Waals surface area contributed by atoms with Gasteiger partial charge < -0.3 is 9.51 Å². The Kier molecular flexibility index (Phi) is 6.15. The number of nitrogens with zero attached hydrogens (tertiary/aromatic N) is 5. The van der Waals surface area contributed by atoms with Gasteiger partial charge in [0.1, 0.15) is 5.82 Å². The molecular formula is C23H26F3N5O2. The van der Waals surface area contributed by atoms with E-state index in [0.29, 0.717) is 37.6 Å². The van der Waals surface area contributed by atoms with Crippen molar-refractivity contribution in [3.63, 3.8) is 0 Å². The van der Waals surface area contributed by atoms with Crippen molar-refractivity contribution in [3.05, 3.63) is 53.4 Å². The molecule has 3 aromatic heterocycles. The van der Waals surface area contributed by atoms with Crippen LogP contribution in [0.15, 0.2) is 30.7 Å². The van der Waals surface area contributed by atoms with E-state index >= 15 is 0 Å². The van der Waals surface area contributed by atoms with E-state index in [4.69, 9.17) is 0 Å². The first kappa shape index (κ1) is 23.2. The number of rotatable bonds is 5. The molecule has 1 N–H and O–H groups in total. The van der Waals surface area contributed by atoms with Gasteiger partial charge in [-0.3, -0.25) is 9.80 Å². The third kappa shape index (κ3) is 4.72. The number of aromatic nitrogens is 3. The third-order valence-corrected chi connectivity index (χ3v) is 6.33. The smallest absolute Gasteiger partial charge is 0.401 e. The highest BCUT2D eigenvalue weighted by atomic mass is 19.4. The lowest BCUT2D eigenvalue weighted by Crippen LogP contribution is -2.49. The maximum atomic E-state index is 12.7. The van der Waals surface area contributed by atoms with E-state index in [1.54, 1.807) is 32.3 Å². The third-order valence-electron chi connectivity index (χ3n) is 6.33. The van der Waals surface area contributed by atoms with Crippen LogP contribution >= 0.6 is 0 Å². The summed E-state index contributed by atoms with van der Waals surface area (Å²) in [5.41, 5.74) is 3.98. The maximum Gasteiger partial charge on any atom is 0.401 e. The molecule has 4 heterocycles. The van der Waals surface area contributed by atoms with Crippen molar-refractivity contribution < 1.29 is 23.1 Å². The summed E-state index contributed by atoms with van der Waals surface area (Å²) in [5.74, 6) is -0.380. The molecule has 0 radical (unpaired) electrons. The van der Waals surface area contributed by atoms with Crippen molar-refractivity contribution in [1.29, 1.82) is 0 Å². The Morgan fingerprint density at radius 1 is 1.15 bits per heavy atom.